The fraction of sp³-hybridized carbons (Fsp3) is 0.850. The molecule has 27 heavy (non-hydrogen) atoms. The normalized spacial score (nSPS) is 12.7. The second-order valence-corrected chi connectivity index (χ2v) is 8.48. The zero-order valence-electron chi connectivity index (χ0n) is 17.2. The number of unbranched alkanes of at least 4 members (excludes halogenated alkanes) is 9. The van der Waals surface area contributed by atoms with E-state index in [0.717, 1.165) is 70.6 Å². The van der Waals surface area contributed by atoms with E-state index in [4.69, 9.17) is 14.5 Å². The Kier molecular flexibility index (Phi) is 15.9. The van der Waals surface area contributed by atoms with Gasteiger partial charge in [0.25, 0.3) is 0 Å². The van der Waals surface area contributed by atoms with Crippen molar-refractivity contribution in [3.05, 3.63) is 12.2 Å². The second kappa shape index (κ2) is 16.3. The fourth-order valence-electron chi connectivity index (χ4n) is 2.85. The lowest BCUT2D eigenvalue weighted by molar-refractivity contribution is -0.145. The number of carbonyl (C=O) groups excluding carboxylic acids is 1. The molecule has 0 aromatic rings. The summed E-state index contributed by atoms with van der Waals surface area (Å²) in [6, 6.07) is 0. The summed E-state index contributed by atoms with van der Waals surface area (Å²) >= 11 is 0. The molecule has 0 amide bonds. The van der Waals surface area contributed by atoms with Gasteiger partial charge in [-0.05, 0) is 39.0 Å². The standard InChI is InChI=1S/C20H39O6P/c1-4-5-12-15-19(26-20(21)18(2)3)16-13-10-8-6-7-9-11-14-17-25-27(22,23)24/h19H,2,4-17H2,1,3H3,(H2,22,23,24). The minimum absolute atomic E-state index is 0.00905. The molecular weight excluding hydrogens is 367 g/mol. The van der Waals surface area contributed by atoms with Crippen molar-refractivity contribution in [3.63, 3.8) is 0 Å². The molecule has 2 N–H and O–H groups in total. The van der Waals surface area contributed by atoms with E-state index in [1.165, 1.54) is 6.42 Å². The van der Waals surface area contributed by atoms with Crippen LogP contribution in [-0.2, 0) is 18.6 Å². The lowest BCUT2D eigenvalue weighted by atomic mass is 10.0. The molecule has 0 radical (unpaired) electrons. The molecule has 1 atom stereocenters. The Balaban J connectivity index is 3.70. The van der Waals surface area contributed by atoms with Crippen molar-refractivity contribution in [2.45, 2.75) is 103 Å². The van der Waals surface area contributed by atoms with Crippen LogP contribution in [0.5, 0.6) is 0 Å². The minimum Gasteiger partial charge on any atom is -0.459 e. The average molecular weight is 407 g/mol. The predicted molar refractivity (Wildman–Crippen MR) is 108 cm³/mol. The van der Waals surface area contributed by atoms with Crippen molar-refractivity contribution in [3.8, 4) is 0 Å². The van der Waals surface area contributed by atoms with E-state index in [1.54, 1.807) is 6.92 Å². The minimum atomic E-state index is -4.31. The Morgan fingerprint density at radius 2 is 1.41 bits per heavy atom. The van der Waals surface area contributed by atoms with Gasteiger partial charge < -0.3 is 14.5 Å². The van der Waals surface area contributed by atoms with Gasteiger partial charge in [0, 0.05) is 5.57 Å². The Hall–Kier alpha value is -0.680. The lowest BCUT2D eigenvalue weighted by Crippen LogP contribution is -2.18. The largest absolute Gasteiger partial charge is 0.469 e. The van der Waals surface area contributed by atoms with Crippen LogP contribution in [0.1, 0.15) is 97.3 Å². The van der Waals surface area contributed by atoms with Gasteiger partial charge in [-0.2, -0.15) is 0 Å². The van der Waals surface area contributed by atoms with Gasteiger partial charge in [-0.1, -0.05) is 64.9 Å². The van der Waals surface area contributed by atoms with E-state index >= 15 is 0 Å². The molecule has 0 spiro atoms. The number of ether oxygens (including phenoxy) is 1. The second-order valence-electron chi connectivity index (χ2n) is 7.24. The number of phosphoric ester groups is 1. The van der Waals surface area contributed by atoms with Crippen molar-refractivity contribution in [1.82, 2.24) is 0 Å². The van der Waals surface area contributed by atoms with Crippen LogP contribution in [-0.4, -0.2) is 28.5 Å². The molecule has 6 nitrogen and oxygen atoms in total. The summed E-state index contributed by atoms with van der Waals surface area (Å²) in [5, 5.41) is 0. The summed E-state index contributed by atoms with van der Waals surface area (Å²) in [5.41, 5.74) is 0.460. The first kappa shape index (κ1) is 26.3. The van der Waals surface area contributed by atoms with Crippen molar-refractivity contribution < 1.29 is 28.4 Å². The molecular formula is C20H39O6P. The number of esters is 1. The highest BCUT2D eigenvalue weighted by molar-refractivity contribution is 7.46. The molecule has 0 aliphatic rings. The van der Waals surface area contributed by atoms with Gasteiger partial charge in [-0.15, -0.1) is 0 Å². The van der Waals surface area contributed by atoms with Crippen LogP contribution in [0.3, 0.4) is 0 Å². The molecule has 1 unspecified atom stereocenters. The van der Waals surface area contributed by atoms with E-state index in [2.05, 4.69) is 18.0 Å². The summed E-state index contributed by atoms with van der Waals surface area (Å²) in [5.74, 6) is -0.278. The molecule has 0 aromatic carbocycles. The Morgan fingerprint density at radius 3 is 1.89 bits per heavy atom. The number of rotatable bonds is 18. The summed E-state index contributed by atoms with van der Waals surface area (Å²) in [4.78, 5) is 28.9. The molecule has 0 bridgehead atoms. The van der Waals surface area contributed by atoms with Crippen LogP contribution in [0.2, 0.25) is 0 Å². The summed E-state index contributed by atoms with van der Waals surface area (Å²) < 4.78 is 20.5. The Morgan fingerprint density at radius 1 is 0.926 bits per heavy atom. The summed E-state index contributed by atoms with van der Waals surface area (Å²) in [6.07, 6.45) is 13.6. The first-order valence-corrected chi connectivity index (χ1v) is 11.9. The first-order valence-electron chi connectivity index (χ1n) is 10.3. The fourth-order valence-corrected chi connectivity index (χ4v) is 3.22. The summed E-state index contributed by atoms with van der Waals surface area (Å²) in [6.45, 7) is 7.62. The maximum absolute atomic E-state index is 11.7. The van der Waals surface area contributed by atoms with Crippen LogP contribution in [0.4, 0.5) is 0 Å². The molecule has 0 saturated heterocycles. The molecule has 0 aliphatic carbocycles. The molecule has 0 aromatic heterocycles. The quantitative estimate of drug-likeness (QED) is 0.132. The van der Waals surface area contributed by atoms with Gasteiger partial charge in [0.1, 0.15) is 6.10 Å². The lowest BCUT2D eigenvalue weighted by Gasteiger charge is -2.18. The monoisotopic (exact) mass is 406 g/mol. The smallest absolute Gasteiger partial charge is 0.459 e. The van der Waals surface area contributed by atoms with E-state index in [-0.39, 0.29) is 18.7 Å². The third-order valence-electron chi connectivity index (χ3n) is 4.43. The van der Waals surface area contributed by atoms with E-state index in [1.807, 2.05) is 0 Å². The topological polar surface area (TPSA) is 93.1 Å². The van der Waals surface area contributed by atoms with Gasteiger partial charge in [-0.25, -0.2) is 9.36 Å². The van der Waals surface area contributed by atoms with Crippen molar-refractivity contribution >= 4 is 13.8 Å². The van der Waals surface area contributed by atoms with Crippen molar-refractivity contribution in [1.29, 1.82) is 0 Å². The van der Waals surface area contributed by atoms with Crippen LogP contribution >= 0.6 is 7.82 Å². The Bertz CT molecular complexity index is 446. The van der Waals surface area contributed by atoms with E-state index < -0.39 is 7.82 Å². The van der Waals surface area contributed by atoms with Crippen LogP contribution < -0.4 is 0 Å². The molecule has 0 fully saturated rings. The number of carbonyl (C=O) groups is 1. The molecule has 0 aliphatic heterocycles. The van der Waals surface area contributed by atoms with Crippen molar-refractivity contribution in [2.24, 2.45) is 0 Å². The number of hydrogen-bond donors (Lipinski definition) is 2. The van der Waals surface area contributed by atoms with Gasteiger partial charge in [0.15, 0.2) is 0 Å². The Labute approximate surface area is 165 Å². The van der Waals surface area contributed by atoms with Crippen LogP contribution in [0, 0.1) is 0 Å². The maximum atomic E-state index is 11.7. The highest BCUT2D eigenvalue weighted by Gasteiger charge is 2.14. The third-order valence-corrected chi connectivity index (χ3v) is 4.95. The highest BCUT2D eigenvalue weighted by Crippen LogP contribution is 2.35. The number of phosphoric acid groups is 1. The average Bonchev–Trinajstić information content (AvgIpc) is 2.58. The van der Waals surface area contributed by atoms with Gasteiger partial charge in [-0.3, -0.25) is 4.52 Å². The van der Waals surface area contributed by atoms with Crippen molar-refractivity contribution in [2.75, 3.05) is 6.61 Å². The molecule has 0 saturated carbocycles. The number of hydrogen-bond acceptors (Lipinski definition) is 4. The van der Waals surface area contributed by atoms with Gasteiger partial charge >= 0.3 is 13.8 Å². The van der Waals surface area contributed by atoms with Crippen LogP contribution in [0.25, 0.3) is 0 Å². The van der Waals surface area contributed by atoms with E-state index in [9.17, 15) is 9.36 Å². The molecule has 0 heterocycles. The molecule has 160 valence electrons. The SMILES string of the molecule is C=C(C)C(=O)OC(CCCCC)CCCCCCCCCCOP(=O)(O)O. The first-order chi connectivity index (χ1) is 12.8. The summed E-state index contributed by atoms with van der Waals surface area (Å²) in [7, 11) is -4.31. The maximum Gasteiger partial charge on any atom is 0.469 e. The van der Waals surface area contributed by atoms with E-state index in [0.29, 0.717) is 12.0 Å². The van der Waals surface area contributed by atoms with Crippen LogP contribution in [0.15, 0.2) is 12.2 Å². The third kappa shape index (κ3) is 18.4. The highest BCUT2D eigenvalue weighted by atomic mass is 31.2. The molecule has 0 rings (SSSR count). The zero-order chi connectivity index (χ0) is 20.5. The molecule has 7 heteroatoms. The zero-order valence-corrected chi connectivity index (χ0v) is 18.1. The van der Waals surface area contributed by atoms with Gasteiger partial charge in [0.2, 0.25) is 0 Å². The predicted octanol–water partition coefficient (Wildman–Crippen LogP) is 5.67. The van der Waals surface area contributed by atoms with Gasteiger partial charge in [0.05, 0.1) is 6.61 Å².